The van der Waals surface area contributed by atoms with Crippen molar-refractivity contribution in [3.63, 3.8) is 0 Å². The predicted octanol–water partition coefficient (Wildman–Crippen LogP) is 1.74. The highest BCUT2D eigenvalue weighted by Gasteiger charge is 2.39. The van der Waals surface area contributed by atoms with Crippen molar-refractivity contribution in [2.24, 2.45) is 10.9 Å². The van der Waals surface area contributed by atoms with E-state index >= 15 is 0 Å². The second kappa shape index (κ2) is 4.02. The van der Waals surface area contributed by atoms with E-state index in [0.29, 0.717) is 11.5 Å². The lowest BCUT2D eigenvalue weighted by molar-refractivity contribution is -0.140. The summed E-state index contributed by atoms with van der Waals surface area (Å²) >= 11 is 1.43. The van der Waals surface area contributed by atoms with Gasteiger partial charge in [0.15, 0.2) is 5.82 Å². The summed E-state index contributed by atoms with van der Waals surface area (Å²) in [6.07, 6.45) is 3.29. The summed E-state index contributed by atoms with van der Waals surface area (Å²) in [4.78, 5) is 20.0. The van der Waals surface area contributed by atoms with Crippen LogP contribution in [-0.2, 0) is 4.79 Å². The van der Waals surface area contributed by atoms with E-state index in [-0.39, 0.29) is 0 Å². The Morgan fingerprint density at radius 3 is 3.00 bits per heavy atom. The predicted molar refractivity (Wildman–Crippen MR) is 66.4 cm³/mol. The number of aromatic nitrogens is 3. The molecule has 1 aliphatic rings. The third-order valence-corrected chi connectivity index (χ3v) is 3.79. The maximum absolute atomic E-state index is 11.5. The average molecular weight is 262 g/mol. The maximum atomic E-state index is 11.5. The van der Waals surface area contributed by atoms with E-state index in [4.69, 9.17) is 0 Å². The van der Waals surface area contributed by atoms with Gasteiger partial charge in [0, 0.05) is 23.4 Å². The van der Waals surface area contributed by atoms with E-state index in [2.05, 4.69) is 15.1 Å². The normalized spacial score (nSPS) is 22.4. The number of nitrogens with zero attached hydrogens (tertiary/aromatic N) is 4. The second-order valence-electron chi connectivity index (χ2n) is 4.02. The second-order valence-corrected chi connectivity index (χ2v) is 4.94. The molecule has 3 heterocycles. The number of thiazole rings is 1. The van der Waals surface area contributed by atoms with E-state index in [1.165, 1.54) is 11.3 Å². The fourth-order valence-corrected chi connectivity index (χ4v) is 2.93. The summed E-state index contributed by atoms with van der Waals surface area (Å²) < 4.78 is 1.63. The van der Waals surface area contributed by atoms with Gasteiger partial charge in [0.05, 0.1) is 6.20 Å². The van der Waals surface area contributed by atoms with Gasteiger partial charge in [0.2, 0.25) is 0 Å². The molecule has 0 saturated carbocycles. The Kier molecular flexibility index (Phi) is 2.48. The van der Waals surface area contributed by atoms with Crippen molar-refractivity contribution in [2.75, 3.05) is 0 Å². The molecule has 2 aromatic rings. The zero-order valence-corrected chi connectivity index (χ0v) is 10.3. The summed E-state index contributed by atoms with van der Waals surface area (Å²) in [6.45, 7) is 1.73. The van der Waals surface area contributed by atoms with Crippen LogP contribution in [0, 0.1) is 5.92 Å². The zero-order valence-electron chi connectivity index (χ0n) is 9.52. The van der Waals surface area contributed by atoms with Gasteiger partial charge in [-0.15, -0.1) is 11.3 Å². The highest BCUT2D eigenvalue weighted by molar-refractivity contribution is 7.09. The quantitative estimate of drug-likeness (QED) is 0.893. The molecule has 6 nitrogen and oxygen atoms in total. The Morgan fingerprint density at radius 2 is 2.33 bits per heavy atom. The smallest absolute Gasteiger partial charge is 0.314 e. The Bertz CT molecular complexity index is 617. The third-order valence-electron chi connectivity index (χ3n) is 2.94. The van der Waals surface area contributed by atoms with E-state index in [9.17, 15) is 9.90 Å². The molecular weight excluding hydrogens is 252 g/mol. The van der Waals surface area contributed by atoms with Crippen molar-refractivity contribution >= 4 is 28.8 Å². The lowest BCUT2D eigenvalue weighted by Gasteiger charge is -2.27. The van der Waals surface area contributed by atoms with Crippen molar-refractivity contribution in [2.45, 2.75) is 13.0 Å². The van der Waals surface area contributed by atoms with Gasteiger partial charge >= 0.3 is 5.97 Å². The number of carboxylic acids is 1. The molecule has 1 N–H and O–H groups in total. The van der Waals surface area contributed by atoms with Crippen LogP contribution in [0.15, 0.2) is 28.8 Å². The first kappa shape index (κ1) is 11.1. The Balaban J connectivity index is 2.19. The first-order valence-electron chi connectivity index (χ1n) is 5.39. The molecule has 0 saturated heterocycles. The van der Waals surface area contributed by atoms with Crippen molar-refractivity contribution < 1.29 is 9.90 Å². The maximum Gasteiger partial charge on any atom is 0.314 e. The summed E-state index contributed by atoms with van der Waals surface area (Å²) in [5.41, 5.74) is 0.579. The topological polar surface area (TPSA) is 80.4 Å². The van der Waals surface area contributed by atoms with Crippen molar-refractivity contribution in [1.82, 2.24) is 14.8 Å². The number of hydrogen-bond donors (Lipinski definition) is 1. The van der Waals surface area contributed by atoms with Crippen LogP contribution in [-0.4, -0.2) is 31.6 Å². The molecule has 0 aliphatic carbocycles. The lowest BCUT2D eigenvalue weighted by atomic mass is 9.94. The summed E-state index contributed by atoms with van der Waals surface area (Å²) in [5.74, 6) is -0.952. The molecule has 0 spiro atoms. The van der Waals surface area contributed by atoms with Gasteiger partial charge in [-0.2, -0.15) is 5.10 Å². The van der Waals surface area contributed by atoms with Gasteiger partial charge in [0.1, 0.15) is 17.0 Å². The van der Waals surface area contributed by atoms with Gasteiger partial charge in [-0.3, -0.25) is 4.79 Å². The fourth-order valence-electron chi connectivity index (χ4n) is 2.17. The number of aliphatic carboxylic acids is 1. The molecule has 2 aromatic heterocycles. The molecule has 92 valence electrons. The van der Waals surface area contributed by atoms with Crippen LogP contribution in [0.5, 0.6) is 0 Å². The number of carbonyl (C=O) groups is 1. The number of rotatable bonds is 2. The molecule has 0 amide bonds. The summed E-state index contributed by atoms with van der Waals surface area (Å²) in [5, 5.41) is 16.1. The standard InChI is InChI=1S/C11H10N4O2S/c1-6-8(11(16)17)9(10-12-4-5-18-10)15-7(14-6)2-3-13-15/h2-5,8-9H,1H3,(H,16,17). The molecule has 1 aliphatic heterocycles. The molecule has 0 radical (unpaired) electrons. The van der Waals surface area contributed by atoms with Crippen LogP contribution < -0.4 is 0 Å². The zero-order chi connectivity index (χ0) is 12.7. The van der Waals surface area contributed by atoms with Crippen LogP contribution in [0.2, 0.25) is 0 Å². The number of fused-ring (bicyclic) bond motifs is 1. The minimum atomic E-state index is -0.905. The summed E-state index contributed by atoms with van der Waals surface area (Å²) in [7, 11) is 0. The van der Waals surface area contributed by atoms with Crippen LogP contribution in [0.25, 0.3) is 0 Å². The average Bonchev–Trinajstić information content (AvgIpc) is 2.96. The Hall–Kier alpha value is -2.02. The SMILES string of the molecule is CC1=Nc2ccnn2C(c2nccs2)C1C(=O)O. The highest BCUT2D eigenvalue weighted by Crippen LogP contribution is 2.36. The number of hydrogen-bond acceptors (Lipinski definition) is 5. The molecule has 0 bridgehead atoms. The first-order valence-corrected chi connectivity index (χ1v) is 6.27. The molecule has 2 unspecified atom stereocenters. The van der Waals surface area contributed by atoms with E-state index < -0.39 is 17.9 Å². The molecule has 0 aromatic carbocycles. The molecule has 2 atom stereocenters. The monoisotopic (exact) mass is 262 g/mol. The van der Waals surface area contributed by atoms with Gasteiger partial charge in [-0.1, -0.05) is 0 Å². The lowest BCUT2D eigenvalue weighted by Crippen LogP contribution is -2.35. The molecular formula is C11H10N4O2S. The summed E-state index contributed by atoms with van der Waals surface area (Å²) in [6, 6.07) is 1.35. The number of carboxylic acid groups (broad SMARTS) is 1. The molecule has 0 fully saturated rings. The van der Waals surface area contributed by atoms with E-state index in [1.807, 2.05) is 5.38 Å². The number of aliphatic imine (C=N–C) groups is 1. The van der Waals surface area contributed by atoms with Crippen molar-refractivity contribution in [3.8, 4) is 0 Å². The van der Waals surface area contributed by atoms with Crippen LogP contribution >= 0.6 is 11.3 Å². The molecule has 3 rings (SSSR count). The first-order chi connectivity index (χ1) is 8.68. The van der Waals surface area contributed by atoms with Crippen molar-refractivity contribution in [3.05, 3.63) is 28.8 Å². The van der Waals surface area contributed by atoms with E-state index in [0.717, 1.165) is 5.01 Å². The van der Waals surface area contributed by atoms with Crippen LogP contribution in [0.3, 0.4) is 0 Å². The van der Waals surface area contributed by atoms with Crippen molar-refractivity contribution in [1.29, 1.82) is 0 Å². The van der Waals surface area contributed by atoms with Gasteiger partial charge < -0.3 is 5.11 Å². The van der Waals surface area contributed by atoms with E-state index in [1.54, 1.807) is 30.1 Å². The van der Waals surface area contributed by atoms with Crippen LogP contribution in [0.1, 0.15) is 18.0 Å². The highest BCUT2D eigenvalue weighted by atomic mass is 32.1. The largest absolute Gasteiger partial charge is 0.481 e. The minimum absolute atomic E-state index is 0.412. The van der Waals surface area contributed by atoms with Crippen LogP contribution in [0.4, 0.5) is 5.82 Å². The molecule has 7 heteroatoms. The van der Waals surface area contributed by atoms with Gasteiger partial charge in [0.25, 0.3) is 0 Å². The Morgan fingerprint density at radius 1 is 1.50 bits per heavy atom. The Labute approximate surface area is 107 Å². The third kappa shape index (κ3) is 1.55. The molecule has 18 heavy (non-hydrogen) atoms. The van der Waals surface area contributed by atoms with Gasteiger partial charge in [-0.25, -0.2) is 14.7 Å². The van der Waals surface area contributed by atoms with Gasteiger partial charge in [-0.05, 0) is 6.92 Å². The minimum Gasteiger partial charge on any atom is -0.481 e. The fraction of sp³-hybridized carbons (Fsp3) is 0.273.